The first kappa shape index (κ1) is 16.3. The summed E-state index contributed by atoms with van der Waals surface area (Å²) in [5.41, 5.74) is 0. The Morgan fingerprint density at radius 1 is 0.722 bits per heavy atom. The van der Waals surface area contributed by atoms with Crippen LogP contribution in [0.4, 0.5) is 0 Å². The van der Waals surface area contributed by atoms with Crippen molar-refractivity contribution >= 4 is 34.2 Å². The average molecular weight is 322 g/mol. The molecule has 0 saturated carbocycles. The topological polar surface area (TPSA) is 60.7 Å². The van der Waals surface area contributed by atoms with Gasteiger partial charge < -0.3 is 16.5 Å². The second kappa shape index (κ2) is 4.95. The fraction of sp³-hybridized carbons (Fsp3) is 0.889. The largest absolute Gasteiger partial charge is 0.416 e. The van der Waals surface area contributed by atoms with Crippen LogP contribution >= 0.6 is 0 Å². The van der Waals surface area contributed by atoms with Crippen molar-refractivity contribution in [2.45, 2.75) is 51.9 Å². The first-order chi connectivity index (χ1) is 7.89. The number of hydrogen-bond acceptors (Lipinski definition) is 5. The molecule has 0 atom stereocenters. The molecule has 18 heavy (non-hydrogen) atoms. The van der Waals surface area contributed by atoms with E-state index in [9.17, 15) is 0 Å². The lowest BCUT2D eigenvalue weighted by Crippen LogP contribution is -2.64. The van der Waals surface area contributed by atoms with Crippen LogP contribution in [0.5, 0.6) is 0 Å². The molecule has 0 bridgehead atoms. The van der Waals surface area contributed by atoms with Crippen LogP contribution in [-0.4, -0.2) is 34.2 Å². The monoisotopic (exact) mass is 321 g/mol. The first-order valence-corrected chi connectivity index (χ1v) is 17.0. The van der Waals surface area contributed by atoms with Crippen LogP contribution in [0.2, 0.25) is 51.9 Å². The summed E-state index contributed by atoms with van der Waals surface area (Å²) in [6.45, 7) is 14.0. The van der Waals surface area contributed by atoms with Crippen molar-refractivity contribution in [2.24, 2.45) is 0 Å². The Morgan fingerprint density at radius 3 is 1.39 bits per heavy atom. The third-order valence-electron chi connectivity index (χ3n) is 2.31. The zero-order valence-electron chi connectivity index (χ0n) is 12.3. The van der Waals surface area contributed by atoms with E-state index in [2.05, 4.69) is 6.07 Å². The summed E-state index contributed by atoms with van der Waals surface area (Å²) in [5.74, 6) is 0. The Labute approximate surface area is 114 Å². The molecule has 104 valence electrons. The molecule has 0 unspecified atom stereocenters. The predicted molar refractivity (Wildman–Crippen MR) is 78.8 cm³/mol. The normalized spacial score (nSPS) is 28.8. The molecular formula is C9H23NO4Si4. The van der Waals surface area contributed by atoms with Crippen LogP contribution in [-0.2, 0) is 16.5 Å². The maximum atomic E-state index is 8.97. The molecule has 9 heteroatoms. The van der Waals surface area contributed by atoms with Crippen LogP contribution in [0.3, 0.4) is 0 Å². The fourth-order valence-electron chi connectivity index (χ4n) is 2.52. The lowest BCUT2D eigenvalue weighted by molar-refractivity contribution is 0.236. The molecule has 1 rings (SSSR count). The zero-order valence-corrected chi connectivity index (χ0v) is 16.3. The molecule has 0 amide bonds. The van der Waals surface area contributed by atoms with E-state index < -0.39 is 34.2 Å². The fourth-order valence-corrected chi connectivity index (χ4v) is 23.3. The van der Waals surface area contributed by atoms with E-state index in [1.165, 1.54) is 0 Å². The van der Waals surface area contributed by atoms with Gasteiger partial charge >= 0.3 is 34.2 Å². The molecule has 0 aliphatic carbocycles. The summed E-state index contributed by atoms with van der Waals surface area (Å²) in [6, 6.07) is 2.49. The van der Waals surface area contributed by atoms with Crippen LogP contribution in [0.1, 0.15) is 0 Å². The van der Waals surface area contributed by atoms with Crippen molar-refractivity contribution in [2.75, 3.05) is 0 Å². The Balaban J connectivity index is 3.06. The summed E-state index contributed by atoms with van der Waals surface area (Å²) in [7, 11) is -9.33. The molecule has 1 heterocycles. The molecule has 1 aliphatic heterocycles. The van der Waals surface area contributed by atoms with Gasteiger partial charge in [-0.1, -0.05) is 0 Å². The van der Waals surface area contributed by atoms with Gasteiger partial charge in [0.2, 0.25) is 0 Å². The molecule has 1 fully saturated rings. The minimum absolute atomic E-state index is 0.314. The maximum Gasteiger partial charge on any atom is 0.331 e. The number of nitrogens with zero attached hydrogens (tertiary/aromatic N) is 1. The third-order valence-corrected chi connectivity index (χ3v) is 18.4. The lowest BCUT2D eigenvalue weighted by atomic mass is 10.9. The summed E-state index contributed by atoms with van der Waals surface area (Å²) < 4.78 is 24.7. The lowest BCUT2D eigenvalue weighted by Gasteiger charge is -2.46. The van der Waals surface area contributed by atoms with Gasteiger partial charge in [-0.2, -0.15) is 5.26 Å². The quantitative estimate of drug-likeness (QED) is 0.695. The van der Waals surface area contributed by atoms with Crippen molar-refractivity contribution in [3.8, 4) is 6.07 Å². The van der Waals surface area contributed by atoms with Crippen molar-refractivity contribution in [3.63, 3.8) is 0 Å². The van der Waals surface area contributed by atoms with Crippen molar-refractivity contribution in [3.05, 3.63) is 0 Å². The van der Waals surface area contributed by atoms with E-state index in [1.807, 2.05) is 45.8 Å². The Hall–Kier alpha value is 0.198. The standard InChI is InChI=1S/C9H23NO4Si4/c1-15(2)11-16(3,4)13-18(7,9-8-10)14-17(5,6)12-15/h9H2,1-7H3. The Bertz CT molecular complexity index is 344. The van der Waals surface area contributed by atoms with E-state index in [4.69, 9.17) is 21.7 Å². The van der Waals surface area contributed by atoms with E-state index in [0.29, 0.717) is 6.04 Å². The van der Waals surface area contributed by atoms with Crippen molar-refractivity contribution in [1.82, 2.24) is 0 Å². The third kappa shape index (κ3) is 4.71. The molecule has 0 aromatic rings. The summed E-state index contributed by atoms with van der Waals surface area (Å²) in [6.07, 6.45) is 0. The van der Waals surface area contributed by atoms with Gasteiger partial charge in [-0.15, -0.1) is 0 Å². The second-order valence-corrected chi connectivity index (χ2v) is 20.4. The van der Waals surface area contributed by atoms with E-state index in [-0.39, 0.29) is 0 Å². The van der Waals surface area contributed by atoms with Gasteiger partial charge in [0.15, 0.2) is 0 Å². The van der Waals surface area contributed by atoms with Gasteiger partial charge in [-0.05, 0) is 45.8 Å². The van der Waals surface area contributed by atoms with Crippen LogP contribution in [0, 0.1) is 11.3 Å². The van der Waals surface area contributed by atoms with Crippen molar-refractivity contribution in [1.29, 1.82) is 5.26 Å². The number of hydrogen-bond donors (Lipinski definition) is 0. The van der Waals surface area contributed by atoms with Crippen LogP contribution < -0.4 is 0 Å². The maximum absolute atomic E-state index is 8.97. The molecule has 0 radical (unpaired) electrons. The minimum atomic E-state index is -2.52. The summed E-state index contributed by atoms with van der Waals surface area (Å²) in [5, 5.41) is 8.97. The molecule has 0 aromatic heterocycles. The van der Waals surface area contributed by atoms with Gasteiger partial charge in [0.25, 0.3) is 0 Å². The molecule has 0 aromatic carbocycles. The van der Waals surface area contributed by atoms with Gasteiger partial charge in [0, 0.05) is 0 Å². The highest BCUT2D eigenvalue weighted by Crippen LogP contribution is 2.31. The van der Waals surface area contributed by atoms with Gasteiger partial charge in [0.05, 0.1) is 12.1 Å². The average Bonchev–Trinajstić information content (AvgIpc) is 1.91. The SMILES string of the molecule is C[Si]1(C)O[Si](C)(C)O[Si](C)(CC#N)O[Si](C)(C)O1. The predicted octanol–water partition coefficient (Wildman–Crippen LogP) is 2.77. The highest BCUT2D eigenvalue weighted by molar-refractivity contribution is 6.93. The molecule has 1 aliphatic rings. The summed E-state index contributed by atoms with van der Waals surface area (Å²) in [4.78, 5) is 0. The smallest absolute Gasteiger partial charge is 0.331 e. The number of nitriles is 1. The minimum Gasteiger partial charge on any atom is -0.416 e. The molecular weight excluding hydrogens is 298 g/mol. The first-order valence-electron chi connectivity index (χ1n) is 6.06. The highest BCUT2D eigenvalue weighted by Gasteiger charge is 2.52. The Morgan fingerprint density at radius 2 is 1.06 bits per heavy atom. The number of rotatable bonds is 1. The summed E-state index contributed by atoms with van der Waals surface area (Å²) >= 11 is 0. The second-order valence-electron chi connectivity index (χ2n) is 6.08. The van der Waals surface area contributed by atoms with E-state index in [0.717, 1.165) is 0 Å². The molecule has 1 saturated heterocycles. The van der Waals surface area contributed by atoms with Crippen LogP contribution in [0.25, 0.3) is 0 Å². The Kier molecular flexibility index (Phi) is 4.47. The molecule has 0 N–H and O–H groups in total. The van der Waals surface area contributed by atoms with Gasteiger partial charge in [0.1, 0.15) is 0 Å². The molecule has 0 spiro atoms. The van der Waals surface area contributed by atoms with Gasteiger partial charge in [-0.3, -0.25) is 0 Å². The van der Waals surface area contributed by atoms with Crippen LogP contribution in [0.15, 0.2) is 0 Å². The molecule has 5 nitrogen and oxygen atoms in total. The zero-order chi connectivity index (χ0) is 14.2. The van der Waals surface area contributed by atoms with E-state index in [1.54, 1.807) is 0 Å². The van der Waals surface area contributed by atoms with Crippen molar-refractivity contribution < 1.29 is 16.5 Å². The van der Waals surface area contributed by atoms with Gasteiger partial charge in [-0.25, -0.2) is 0 Å². The van der Waals surface area contributed by atoms with E-state index >= 15 is 0 Å². The highest BCUT2D eigenvalue weighted by atomic mass is 28.5.